The standard InChI is InChI=1S/C13H18O/c1-4-11(2)13(14-3)10-12-8-6-5-7-9-12/h4-9,11,13H,1,10H2,2-3H3/t11-,13-/m0/s1. The molecule has 0 bridgehead atoms. The van der Waals surface area contributed by atoms with Gasteiger partial charge in [-0.2, -0.15) is 0 Å². The molecule has 0 heterocycles. The maximum atomic E-state index is 5.44. The second kappa shape index (κ2) is 5.61. The lowest BCUT2D eigenvalue weighted by molar-refractivity contribution is 0.0748. The maximum absolute atomic E-state index is 5.44. The highest BCUT2D eigenvalue weighted by Crippen LogP contribution is 2.13. The van der Waals surface area contributed by atoms with Gasteiger partial charge in [0.1, 0.15) is 0 Å². The molecular formula is C13H18O. The zero-order valence-electron chi connectivity index (χ0n) is 8.94. The molecule has 0 amide bonds. The second-order valence-corrected chi connectivity index (χ2v) is 3.56. The minimum absolute atomic E-state index is 0.231. The van der Waals surface area contributed by atoms with E-state index >= 15 is 0 Å². The summed E-state index contributed by atoms with van der Waals surface area (Å²) in [5, 5.41) is 0. The van der Waals surface area contributed by atoms with Crippen molar-refractivity contribution in [3.63, 3.8) is 0 Å². The predicted octanol–water partition coefficient (Wildman–Crippen LogP) is 3.07. The number of methoxy groups -OCH3 is 1. The van der Waals surface area contributed by atoms with Crippen molar-refractivity contribution in [1.29, 1.82) is 0 Å². The molecule has 0 aliphatic carbocycles. The van der Waals surface area contributed by atoms with Gasteiger partial charge in [-0.05, 0) is 12.0 Å². The highest BCUT2D eigenvalue weighted by Gasteiger charge is 2.13. The van der Waals surface area contributed by atoms with Crippen LogP contribution in [0, 0.1) is 5.92 Å². The fourth-order valence-corrected chi connectivity index (χ4v) is 1.48. The van der Waals surface area contributed by atoms with Gasteiger partial charge in [0.25, 0.3) is 0 Å². The maximum Gasteiger partial charge on any atom is 0.0671 e. The van der Waals surface area contributed by atoms with E-state index in [0.717, 1.165) is 6.42 Å². The summed E-state index contributed by atoms with van der Waals surface area (Å²) in [6, 6.07) is 10.4. The van der Waals surface area contributed by atoms with E-state index in [2.05, 4.69) is 37.8 Å². The summed E-state index contributed by atoms with van der Waals surface area (Å²) >= 11 is 0. The zero-order valence-corrected chi connectivity index (χ0v) is 8.94. The van der Waals surface area contributed by atoms with Crippen LogP contribution in [0.25, 0.3) is 0 Å². The third-order valence-electron chi connectivity index (χ3n) is 2.54. The Hall–Kier alpha value is -1.08. The number of hydrogen-bond donors (Lipinski definition) is 0. The zero-order chi connectivity index (χ0) is 10.4. The molecule has 0 aromatic heterocycles. The van der Waals surface area contributed by atoms with Gasteiger partial charge in [0.15, 0.2) is 0 Å². The van der Waals surface area contributed by atoms with E-state index in [1.807, 2.05) is 12.1 Å². The third-order valence-corrected chi connectivity index (χ3v) is 2.54. The predicted molar refractivity (Wildman–Crippen MR) is 60.3 cm³/mol. The molecule has 0 radical (unpaired) electrons. The topological polar surface area (TPSA) is 9.23 Å². The minimum atomic E-state index is 0.231. The quantitative estimate of drug-likeness (QED) is 0.648. The normalized spacial score (nSPS) is 14.7. The van der Waals surface area contributed by atoms with E-state index in [0.29, 0.717) is 5.92 Å². The van der Waals surface area contributed by atoms with E-state index in [1.54, 1.807) is 7.11 Å². The Bertz CT molecular complexity index is 266. The van der Waals surface area contributed by atoms with Crippen LogP contribution in [0.2, 0.25) is 0 Å². The van der Waals surface area contributed by atoms with Crippen molar-refractivity contribution < 1.29 is 4.74 Å². The number of hydrogen-bond acceptors (Lipinski definition) is 1. The molecule has 1 aromatic rings. The van der Waals surface area contributed by atoms with E-state index in [9.17, 15) is 0 Å². The molecule has 14 heavy (non-hydrogen) atoms. The molecule has 76 valence electrons. The molecule has 0 saturated carbocycles. The average molecular weight is 190 g/mol. The van der Waals surface area contributed by atoms with E-state index < -0.39 is 0 Å². The fraction of sp³-hybridized carbons (Fsp3) is 0.385. The Labute approximate surface area is 86.4 Å². The molecule has 0 saturated heterocycles. The van der Waals surface area contributed by atoms with Crippen LogP contribution >= 0.6 is 0 Å². The first-order valence-corrected chi connectivity index (χ1v) is 4.97. The molecular weight excluding hydrogens is 172 g/mol. The van der Waals surface area contributed by atoms with Crippen molar-refractivity contribution in [3.8, 4) is 0 Å². The molecule has 1 rings (SSSR count). The Balaban J connectivity index is 2.61. The van der Waals surface area contributed by atoms with Gasteiger partial charge in [-0.1, -0.05) is 43.3 Å². The first-order valence-electron chi connectivity index (χ1n) is 4.97. The van der Waals surface area contributed by atoms with Gasteiger partial charge in [-0.15, -0.1) is 6.58 Å². The molecule has 0 unspecified atom stereocenters. The van der Waals surface area contributed by atoms with Crippen LogP contribution in [-0.2, 0) is 11.2 Å². The summed E-state index contributed by atoms with van der Waals surface area (Å²) < 4.78 is 5.44. The van der Waals surface area contributed by atoms with Crippen molar-refractivity contribution in [1.82, 2.24) is 0 Å². The molecule has 1 nitrogen and oxygen atoms in total. The molecule has 0 N–H and O–H groups in total. The van der Waals surface area contributed by atoms with Gasteiger partial charge in [-0.3, -0.25) is 0 Å². The van der Waals surface area contributed by atoms with E-state index in [-0.39, 0.29) is 6.10 Å². The van der Waals surface area contributed by atoms with Crippen molar-refractivity contribution in [2.45, 2.75) is 19.4 Å². The number of ether oxygens (including phenoxy) is 1. The summed E-state index contributed by atoms with van der Waals surface area (Å²) in [6.07, 6.45) is 3.12. The van der Waals surface area contributed by atoms with Crippen LogP contribution in [0.15, 0.2) is 43.0 Å². The first-order chi connectivity index (χ1) is 6.77. The minimum Gasteiger partial charge on any atom is -0.381 e. The lowest BCUT2D eigenvalue weighted by atomic mass is 9.98. The molecule has 0 aliphatic heterocycles. The van der Waals surface area contributed by atoms with Crippen LogP contribution in [-0.4, -0.2) is 13.2 Å². The van der Waals surface area contributed by atoms with Crippen molar-refractivity contribution in [2.24, 2.45) is 5.92 Å². The Morgan fingerprint density at radius 2 is 2.00 bits per heavy atom. The smallest absolute Gasteiger partial charge is 0.0671 e. The number of rotatable bonds is 5. The second-order valence-electron chi connectivity index (χ2n) is 3.56. The molecule has 0 fully saturated rings. The summed E-state index contributed by atoms with van der Waals surface area (Å²) in [6.45, 7) is 5.92. The van der Waals surface area contributed by atoms with Gasteiger partial charge >= 0.3 is 0 Å². The van der Waals surface area contributed by atoms with Crippen LogP contribution in [0.4, 0.5) is 0 Å². The van der Waals surface area contributed by atoms with E-state index in [4.69, 9.17) is 4.74 Å². The largest absolute Gasteiger partial charge is 0.381 e. The Morgan fingerprint density at radius 1 is 1.36 bits per heavy atom. The van der Waals surface area contributed by atoms with Crippen LogP contribution in [0.1, 0.15) is 12.5 Å². The summed E-state index contributed by atoms with van der Waals surface area (Å²) in [5.41, 5.74) is 1.31. The van der Waals surface area contributed by atoms with Crippen molar-refractivity contribution >= 4 is 0 Å². The van der Waals surface area contributed by atoms with Crippen LogP contribution in [0.5, 0.6) is 0 Å². The van der Waals surface area contributed by atoms with E-state index in [1.165, 1.54) is 5.56 Å². The first kappa shape index (κ1) is 11.0. The molecule has 2 atom stereocenters. The monoisotopic (exact) mass is 190 g/mol. The molecule has 0 aliphatic rings. The van der Waals surface area contributed by atoms with Gasteiger partial charge in [0.2, 0.25) is 0 Å². The summed E-state index contributed by atoms with van der Waals surface area (Å²) in [4.78, 5) is 0. The average Bonchev–Trinajstić information content (AvgIpc) is 2.26. The molecule has 0 spiro atoms. The van der Waals surface area contributed by atoms with Gasteiger partial charge in [0.05, 0.1) is 6.10 Å². The Morgan fingerprint density at radius 3 is 2.50 bits per heavy atom. The highest BCUT2D eigenvalue weighted by atomic mass is 16.5. The molecule has 1 heteroatoms. The van der Waals surface area contributed by atoms with Gasteiger partial charge in [0, 0.05) is 13.0 Å². The lowest BCUT2D eigenvalue weighted by Crippen LogP contribution is -2.21. The fourth-order valence-electron chi connectivity index (χ4n) is 1.48. The SMILES string of the molecule is C=C[C@H](C)[C@H](Cc1ccccc1)OC. The summed E-state index contributed by atoms with van der Waals surface area (Å²) in [7, 11) is 1.76. The van der Waals surface area contributed by atoms with Crippen molar-refractivity contribution in [2.75, 3.05) is 7.11 Å². The number of benzene rings is 1. The van der Waals surface area contributed by atoms with Crippen molar-refractivity contribution in [3.05, 3.63) is 48.6 Å². The van der Waals surface area contributed by atoms with Crippen LogP contribution in [0.3, 0.4) is 0 Å². The summed E-state index contributed by atoms with van der Waals surface area (Å²) in [5.74, 6) is 0.389. The molecule has 1 aromatic carbocycles. The lowest BCUT2D eigenvalue weighted by Gasteiger charge is -2.19. The Kier molecular flexibility index (Phi) is 4.41. The van der Waals surface area contributed by atoms with Gasteiger partial charge < -0.3 is 4.74 Å². The van der Waals surface area contributed by atoms with Gasteiger partial charge in [-0.25, -0.2) is 0 Å². The highest BCUT2D eigenvalue weighted by molar-refractivity contribution is 5.16. The third kappa shape index (κ3) is 3.00. The van der Waals surface area contributed by atoms with Crippen LogP contribution < -0.4 is 0 Å².